The first-order chi connectivity index (χ1) is 13.3. The number of amides is 1. The Morgan fingerprint density at radius 2 is 1.89 bits per heavy atom. The van der Waals surface area contributed by atoms with Crippen molar-refractivity contribution in [3.05, 3.63) is 66.7 Å². The Kier molecular flexibility index (Phi) is 5.11. The normalized spacial score (nSPS) is 16.7. The summed E-state index contributed by atoms with van der Waals surface area (Å²) >= 11 is 0. The molecule has 0 bridgehead atoms. The van der Waals surface area contributed by atoms with Gasteiger partial charge in [-0.05, 0) is 61.9 Å². The van der Waals surface area contributed by atoms with Gasteiger partial charge in [-0.25, -0.2) is 0 Å². The molecule has 1 aromatic carbocycles. The van der Waals surface area contributed by atoms with E-state index in [2.05, 4.69) is 20.7 Å². The minimum Gasteiger partial charge on any atom is -0.457 e. The molecule has 138 valence electrons. The summed E-state index contributed by atoms with van der Waals surface area (Å²) in [6, 6.07) is 12.9. The van der Waals surface area contributed by atoms with Crippen LogP contribution in [0.25, 0.3) is 0 Å². The molecule has 1 fully saturated rings. The molecule has 0 aliphatic carbocycles. The van der Waals surface area contributed by atoms with Crippen LogP contribution in [0.2, 0.25) is 0 Å². The lowest BCUT2D eigenvalue weighted by Gasteiger charge is -2.22. The summed E-state index contributed by atoms with van der Waals surface area (Å²) in [5.74, 6) is 1.18. The predicted octanol–water partition coefficient (Wildman–Crippen LogP) is 3.25. The van der Waals surface area contributed by atoms with E-state index in [1.54, 1.807) is 42.7 Å². The standard InChI is InChI=1S/C20H21N5O2/c26-20(19-9-13-25(24-19)16-2-1-10-22-14-16)23-15-3-5-17(6-4-15)27-18-7-11-21-12-8-18/h3-9,11-13,16,22H,1-2,10,14H2,(H,23,26). The highest BCUT2D eigenvalue weighted by molar-refractivity contribution is 6.02. The van der Waals surface area contributed by atoms with E-state index in [1.807, 2.05) is 23.0 Å². The maximum absolute atomic E-state index is 12.4. The molecule has 1 amide bonds. The van der Waals surface area contributed by atoms with E-state index in [4.69, 9.17) is 4.74 Å². The van der Waals surface area contributed by atoms with Crippen LogP contribution in [0.4, 0.5) is 5.69 Å². The van der Waals surface area contributed by atoms with Crippen molar-refractivity contribution >= 4 is 11.6 Å². The van der Waals surface area contributed by atoms with Gasteiger partial charge in [0.2, 0.25) is 0 Å². The molecule has 0 spiro atoms. The number of hydrogen-bond donors (Lipinski definition) is 2. The number of nitrogens with zero attached hydrogens (tertiary/aromatic N) is 3. The number of hydrogen-bond acceptors (Lipinski definition) is 5. The first-order valence-corrected chi connectivity index (χ1v) is 9.03. The van der Waals surface area contributed by atoms with E-state index in [-0.39, 0.29) is 5.91 Å². The van der Waals surface area contributed by atoms with Crippen molar-refractivity contribution in [3.63, 3.8) is 0 Å². The molecule has 3 aromatic rings. The zero-order valence-corrected chi connectivity index (χ0v) is 14.8. The molecule has 27 heavy (non-hydrogen) atoms. The monoisotopic (exact) mass is 363 g/mol. The maximum atomic E-state index is 12.4. The van der Waals surface area contributed by atoms with Gasteiger partial charge < -0.3 is 15.4 Å². The van der Waals surface area contributed by atoms with E-state index in [0.717, 1.165) is 25.9 Å². The van der Waals surface area contributed by atoms with Crippen molar-refractivity contribution in [1.82, 2.24) is 20.1 Å². The molecule has 1 atom stereocenters. The lowest BCUT2D eigenvalue weighted by atomic mass is 10.1. The van der Waals surface area contributed by atoms with Gasteiger partial charge in [-0.2, -0.15) is 5.10 Å². The molecule has 1 saturated heterocycles. The third-order valence-electron chi connectivity index (χ3n) is 4.48. The van der Waals surface area contributed by atoms with Gasteiger partial charge >= 0.3 is 0 Å². The Balaban J connectivity index is 1.37. The van der Waals surface area contributed by atoms with Crippen LogP contribution in [0.15, 0.2) is 61.1 Å². The molecule has 2 aromatic heterocycles. The molecule has 2 N–H and O–H groups in total. The van der Waals surface area contributed by atoms with Crippen LogP contribution >= 0.6 is 0 Å². The Hall–Kier alpha value is -3.19. The SMILES string of the molecule is O=C(Nc1ccc(Oc2ccncc2)cc1)c1ccn(C2CCCNC2)n1. The molecule has 1 unspecified atom stereocenters. The first-order valence-electron chi connectivity index (χ1n) is 9.03. The van der Waals surface area contributed by atoms with Crippen LogP contribution in [-0.2, 0) is 0 Å². The fourth-order valence-electron chi connectivity index (χ4n) is 3.07. The lowest BCUT2D eigenvalue weighted by Crippen LogP contribution is -2.32. The fourth-order valence-corrected chi connectivity index (χ4v) is 3.07. The van der Waals surface area contributed by atoms with E-state index < -0.39 is 0 Å². The van der Waals surface area contributed by atoms with Crippen molar-refractivity contribution in [2.24, 2.45) is 0 Å². The number of carbonyl (C=O) groups excluding carboxylic acids is 1. The van der Waals surface area contributed by atoms with Crippen molar-refractivity contribution in [2.45, 2.75) is 18.9 Å². The van der Waals surface area contributed by atoms with Crippen molar-refractivity contribution < 1.29 is 9.53 Å². The molecule has 1 aliphatic heterocycles. The highest BCUT2D eigenvalue weighted by atomic mass is 16.5. The topological polar surface area (TPSA) is 81.1 Å². The van der Waals surface area contributed by atoms with Gasteiger partial charge in [-0.1, -0.05) is 0 Å². The molecule has 3 heterocycles. The predicted molar refractivity (Wildman–Crippen MR) is 102 cm³/mol. The highest BCUT2D eigenvalue weighted by Crippen LogP contribution is 2.22. The third kappa shape index (κ3) is 4.32. The number of carbonyl (C=O) groups is 1. The number of pyridine rings is 1. The maximum Gasteiger partial charge on any atom is 0.276 e. The number of benzene rings is 1. The van der Waals surface area contributed by atoms with Gasteiger partial charge in [0.05, 0.1) is 6.04 Å². The van der Waals surface area contributed by atoms with E-state index in [9.17, 15) is 4.79 Å². The summed E-state index contributed by atoms with van der Waals surface area (Å²) in [5.41, 5.74) is 1.11. The summed E-state index contributed by atoms with van der Waals surface area (Å²) in [7, 11) is 0. The summed E-state index contributed by atoms with van der Waals surface area (Å²) in [6.45, 7) is 1.94. The molecule has 0 saturated carbocycles. The number of rotatable bonds is 5. The zero-order valence-electron chi connectivity index (χ0n) is 14.8. The van der Waals surface area contributed by atoms with Crippen LogP contribution in [0, 0.1) is 0 Å². The van der Waals surface area contributed by atoms with Crippen LogP contribution in [0.1, 0.15) is 29.4 Å². The Labute approximate surface area is 157 Å². The molecular weight excluding hydrogens is 342 g/mol. The van der Waals surface area contributed by atoms with Gasteiger partial charge in [-0.3, -0.25) is 14.5 Å². The second-order valence-electron chi connectivity index (χ2n) is 6.44. The van der Waals surface area contributed by atoms with E-state index >= 15 is 0 Å². The summed E-state index contributed by atoms with van der Waals surface area (Å²) in [4.78, 5) is 16.4. The molecule has 0 radical (unpaired) electrons. The quantitative estimate of drug-likeness (QED) is 0.727. The number of piperidine rings is 1. The number of nitrogens with one attached hydrogen (secondary N) is 2. The average Bonchev–Trinajstić information content (AvgIpc) is 3.21. The average molecular weight is 363 g/mol. The van der Waals surface area contributed by atoms with Crippen LogP contribution < -0.4 is 15.4 Å². The largest absolute Gasteiger partial charge is 0.457 e. The molecular formula is C20H21N5O2. The highest BCUT2D eigenvalue weighted by Gasteiger charge is 2.17. The summed E-state index contributed by atoms with van der Waals surface area (Å²) in [5, 5.41) is 10.7. The third-order valence-corrected chi connectivity index (χ3v) is 4.48. The van der Waals surface area contributed by atoms with Gasteiger partial charge in [0.25, 0.3) is 5.91 Å². The van der Waals surface area contributed by atoms with E-state index in [0.29, 0.717) is 28.9 Å². The van der Waals surface area contributed by atoms with Crippen molar-refractivity contribution in [2.75, 3.05) is 18.4 Å². The van der Waals surface area contributed by atoms with Crippen LogP contribution in [0.3, 0.4) is 0 Å². The van der Waals surface area contributed by atoms with Crippen molar-refractivity contribution in [1.29, 1.82) is 0 Å². The van der Waals surface area contributed by atoms with Gasteiger partial charge in [-0.15, -0.1) is 0 Å². The number of ether oxygens (including phenoxy) is 1. The van der Waals surface area contributed by atoms with Gasteiger partial charge in [0, 0.05) is 30.8 Å². The van der Waals surface area contributed by atoms with Crippen molar-refractivity contribution in [3.8, 4) is 11.5 Å². The number of anilines is 1. The smallest absolute Gasteiger partial charge is 0.276 e. The molecule has 7 heteroatoms. The minimum atomic E-state index is -0.222. The lowest BCUT2D eigenvalue weighted by molar-refractivity contribution is 0.102. The minimum absolute atomic E-state index is 0.222. The number of aromatic nitrogens is 3. The fraction of sp³-hybridized carbons (Fsp3) is 0.250. The molecule has 7 nitrogen and oxygen atoms in total. The molecule has 1 aliphatic rings. The van der Waals surface area contributed by atoms with E-state index in [1.165, 1.54) is 0 Å². The summed E-state index contributed by atoms with van der Waals surface area (Å²) in [6.07, 6.45) is 7.42. The Morgan fingerprint density at radius 3 is 2.63 bits per heavy atom. The van der Waals surface area contributed by atoms with Gasteiger partial charge in [0.15, 0.2) is 5.69 Å². The van der Waals surface area contributed by atoms with Crippen LogP contribution in [0.5, 0.6) is 11.5 Å². The second kappa shape index (κ2) is 8.01. The first kappa shape index (κ1) is 17.2. The second-order valence-corrected chi connectivity index (χ2v) is 6.44. The van der Waals surface area contributed by atoms with Gasteiger partial charge in [0.1, 0.15) is 11.5 Å². The van der Waals surface area contributed by atoms with Crippen LogP contribution in [-0.4, -0.2) is 33.8 Å². The Bertz CT molecular complexity index is 886. The Morgan fingerprint density at radius 1 is 1.11 bits per heavy atom. The molecule has 4 rings (SSSR count). The summed E-state index contributed by atoms with van der Waals surface area (Å²) < 4.78 is 7.60. The zero-order chi connectivity index (χ0) is 18.5.